The smallest absolute Gasteiger partial charge is 0.417 e. The van der Waals surface area contributed by atoms with Crippen LogP contribution in [0.2, 0.25) is 0 Å². The minimum absolute atomic E-state index is 0.169. The highest BCUT2D eigenvalue weighted by atomic mass is 16.6. The van der Waals surface area contributed by atoms with Crippen LogP contribution in [0.15, 0.2) is 22.6 Å². The van der Waals surface area contributed by atoms with Gasteiger partial charge >= 0.3 is 6.09 Å². The molecule has 1 aromatic heterocycles. The zero-order valence-corrected chi connectivity index (χ0v) is 15.2. The Labute approximate surface area is 146 Å². The highest BCUT2D eigenvalue weighted by Gasteiger charge is 2.38. The molecule has 1 unspecified atom stereocenters. The molecule has 6 heteroatoms. The molecule has 134 valence electrons. The van der Waals surface area contributed by atoms with Crippen molar-refractivity contribution < 1.29 is 23.5 Å². The molecule has 0 spiro atoms. The van der Waals surface area contributed by atoms with Crippen molar-refractivity contribution in [2.45, 2.75) is 45.6 Å². The van der Waals surface area contributed by atoms with E-state index in [0.29, 0.717) is 5.76 Å². The van der Waals surface area contributed by atoms with E-state index in [9.17, 15) is 9.59 Å². The molecular formula is C19H23NO5. The van der Waals surface area contributed by atoms with Gasteiger partial charge in [-0.3, -0.25) is 4.79 Å². The molecule has 1 saturated heterocycles. The molecule has 1 aromatic carbocycles. The van der Waals surface area contributed by atoms with E-state index in [1.807, 2.05) is 25.1 Å². The first-order valence-electron chi connectivity index (χ1n) is 8.29. The van der Waals surface area contributed by atoms with Crippen molar-refractivity contribution in [1.29, 1.82) is 0 Å². The molecule has 25 heavy (non-hydrogen) atoms. The number of benzene rings is 1. The summed E-state index contributed by atoms with van der Waals surface area (Å²) in [5, 5.41) is 0.926. The first-order chi connectivity index (χ1) is 11.7. The minimum Gasteiger partial charge on any atom is -0.497 e. The first kappa shape index (κ1) is 17.3. The van der Waals surface area contributed by atoms with Crippen molar-refractivity contribution in [3.8, 4) is 5.75 Å². The average molecular weight is 345 g/mol. The van der Waals surface area contributed by atoms with Crippen molar-refractivity contribution in [1.82, 2.24) is 4.90 Å². The lowest BCUT2D eigenvalue weighted by Crippen LogP contribution is -2.37. The molecular weight excluding hydrogens is 322 g/mol. The van der Waals surface area contributed by atoms with Gasteiger partial charge in [-0.05, 0) is 51.5 Å². The SMILES string of the molecule is COc1cc(C)c2oc(C3CC(=O)N(C(=O)OC(C)(C)C)C3)cc2c1. The molecule has 2 amide bonds. The number of likely N-dealkylation sites (tertiary alicyclic amines) is 1. The van der Waals surface area contributed by atoms with Gasteiger partial charge in [-0.1, -0.05) is 0 Å². The molecule has 1 aliphatic rings. The fourth-order valence-corrected chi connectivity index (χ4v) is 3.03. The molecule has 0 aliphatic carbocycles. The number of hydrogen-bond donors (Lipinski definition) is 0. The zero-order valence-electron chi connectivity index (χ0n) is 15.2. The lowest BCUT2D eigenvalue weighted by atomic mass is 10.1. The van der Waals surface area contributed by atoms with Crippen molar-refractivity contribution in [2.75, 3.05) is 13.7 Å². The zero-order chi connectivity index (χ0) is 18.4. The van der Waals surface area contributed by atoms with E-state index in [2.05, 4.69) is 0 Å². The van der Waals surface area contributed by atoms with E-state index in [1.165, 1.54) is 0 Å². The van der Waals surface area contributed by atoms with E-state index in [0.717, 1.165) is 27.2 Å². The van der Waals surface area contributed by atoms with E-state index in [4.69, 9.17) is 13.9 Å². The molecule has 2 aromatic rings. The minimum atomic E-state index is -0.636. The number of fused-ring (bicyclic) bond motifs is 1. The summed E-state index contributed by atoms with van der Waals surface area (Å²) in [6, 6.07) is 5.72. The summed E-state index contributed by atoms with van der Waals surface area (Å²) in [6.07, 6.45) is -0.371. The Hall–Kier alpha value is -2.50. The van der Waals surface area contributed by atoms with Crippen LogP contribution in [0.3, 0.4) is 0 Å². The summed E-state index contributed by atoms with van der Waals surface area (Å²) in [4.78, 5) is 25.6. The molecule has 6 nitrogen and oxygen atoms in total. The van der Waals surface area contributed by atoms with Gasteiger partial charge < -0.3 is 13.9 Å². The number of ether oxygens (including phenoxy) is 2. The number of carbonyl (C=O) groups excluding carboxylic acids is 2. The third-order valence-electron chi connectivity index (χ3n) is 4.17. The first-order valence-corrected chi connectivity index (χ1v) is 8.29. The summed E-state index contributed by atoms with van der Waals surface area (Å²) >= 11 is 0. The molecule has 0 N–H and O–H groups in total. The number of furan rings is 1. The number of carbonyl (C=O) groups is 2. The Morgan fingerprint density at radius 1 is 1.28 bits per heavy atom. The summed E-state index contributed by atoms with van der Waals surface area (Å²) in [5.41, 5.74) is 1.11. The predicted octanol–water partition coefficient (Wildman–Crippen LogP) is 4.00. The van der Waals surface area contributed by atoms with Crippen molar-refractivity contribution in [3.05, 3.63) is 29.5 Å². The van der Waals surface area contributed by atoms with E-state index in [-0.39, 0.29) is 24.8 Å². The number of nitrogens with zero attached hydrogens (tertiary/aromatic N) is 1. The molecule has 1 aliphatic heterocycles. The molecule has 1 atom stereocenters. The fourth-order valence-electron chi connectivity index (χ4n) is 3.03. The number of rotatable bonds is 2. The second kappa shape index (κ2) is 6.10. The Morgan fingerprint density at radius 3 is 2.64 bits per heavy atom. The molecule has 0 saturated carbocycles. The largest absolute Gasteiger partial charge is 0.497 e. The van der Waals surface area contributed by atoms with Gasteiger partial charge in [-0.15, -0.1) is 0 Å². The Morgan fingerprint density at radius 2 is 2.00 bits per heavy atom. The lowest BCUT2D eigenvalue weighted by Gasteiger charge is -2.23. The van der Waals surface area contributed by atoms with E-state index in [1.54, 1.807) is 27.9 Å². The van der Waals surface area contributed by atoms with E-state index < -0.39 is 11.7 Å². The third-order valence-corrected chi connectivity index (χ3v) is 4.17. The maximum atomic E-state index is 12.2. The third kappa shape index (κ3) is 3.48. The molecule has 0 bridgehead atoms. The van der Waals surface area contributed by atoms with Gasteiger partial charge in [-0.25, -0.2) is 9.69 Å². The summed E-state index contributed by atoms with van der Waals surface area (Å²) in [5.74, 6) is 1.05. The highest BCUT2D eigenvalue weighted by Crippen LogP contribution is 2.35. The monoisotopic (exact) mass is 345 g/mol. The van der Waals surface area contributed by atoms with Crippen molar-refractivity contribution >= 4 is 23.0 Å². The van der Waals surface area contributed by atoms with E-state index >= 15 is 0 Å². The second-order valence-electron chi connectivity index (χ2n) is 7.40. The maximum absolute atomic E-state index is 12.2. The Balaban J connectivity index is 1.84. The fraction of sp³-hybridized carbons (Fsp3) is 0.474. The summed E-state index contributed by atoms with van der Waals surface area (Å²) < 4.78 is 16.6. The number of imide groups is 1. The van der Waals surface area contributed by atoms with Crippen molar-refractivity contribution in [3.63, 3.8) is 0 Å². The van der Waals surface area contributed by atoms with Crippen LogP contribution in [0, 0.1) is 6.92 Å². The second-order valence-corrected chi connectivity index (χ2v) is 7.40. The number of hydrogen-bond acceptors (Lipinski definition) is 5. The normalized spacial score (nSPS) is 18.0. The quantitative estimate of drug-likeness (QED) is 0.823. The van der Waals surface area contributed by atoms with Crippen LogP contribution in [0.25, 0.3) is 11.0 Å². The average Bonchev–Trinajstić information content (AvgIpc) is 3.09. The van der Waals surface area contributed by atoms with Gasteiger partial charge in [0.1, 0.15) is 22.7 Å². The summed E-state index contributed by atoms with van der Waals surface area (Å²) in [6.45, 7) is 7.55. The number of amides is 2. The molecule has 3 rings (SSSR count). The standard InChI is InChI=1S/C19H23NO5/c1-11-6-14(23-5)7-12-8-15(24-17(11)12)13-9-16(21)20(10-13)18(22)25-19(2,3)4/h6-8,13H,9-10H2,1-5H3. The summed E-state index contributed by atoms with van der Waals surface area (Å²) in [7, 11) is 1.62. The van der Waals surface area contributed by atoms with Gasteiger partial charge in [0.25, 0.3) is 0 Å². The number of methoxy groups -OCH3 is 1. The van der Waals surface area contributed by atoms with Gasteiger partial charge in [-0.2, -0.15) is 0 Å². The topological polar surface area (TPSA) is 69.0 Å². The van der Waals surface area contributed by atoms with Gasteiger partial charge in [0.2, 0.25) is 5.91 Å². The van der Waals surface area contributed by atoms with Crippen LogP contribution in [-0.2, 0) is 9.53 Å². The van der Waals surface area contributed by atoms with Crippen LogP contribution in [0.1, 0.15) is 44.4 Å². The molecule has 0 radical (unpaired) electrons. The molecule has 2 heterocycles. The van der Waals surface area contributed by atoms with Crippen LogP contribution >= 0.6 is 0 Å². The highest BCUT2D eigenvalue weighted by molar-refractivity contribution is 5.94. The lowest BCUT2D eigenvalue weighted by molar-refractivity contribution is -0.127. The molecule has 1 fully saturated rings. The predicted molar refractivity (Wildman–Crippen MR) is 92.8 cm³/mol. The number of aryl methyl sites for hydroxylation is 1. The van der Waals surface area contributed by atoms with Crippen LogP contribution in [-0.4, -0.2) is 36.2 Å². The van der Waals surface area contributed by atoms with Gasteiger partial charge in [0, 0.05) is 24.3 Å². The maximum Gasteiger partial charge on any atom is 0.417 e. The Kier molecular flexibility index (Phi) is 4.22. The Bertz CT molecular complexity index is 830. The van der Waals surface area contributed by atoms with Crippen LogP contribution < -0.4 is 4.74 Å². The van der Waals surface area contributed by atoms with Crippen molar-refractivity contribution in [2.24, 2.45) is 0 Å². The van der Waals surface area contributed by atoms with Crippen LogP contribution in [0.4, 0.5) is 4.79 Å². The van der Waals surface area contributed by atoms with Crippen LogP contribution in [0.5, 0.6) is 5.75 Å². The van der Waals surface area contributed by atoms with Gasteiger partial charge in [0.15, 0.2) is 0 Å². The van der Waals surface area contributed by atoms with Gasteiger partial charge in [0.05, 0.1) is 7.11 Å².